The Labute approximate surface area is 153 Å². The number of methoxy groups -OCH3 is 3. The summed E-state index contributed by atoms with van der Waals surface area (Å²) < 4.78 is 15.9. The quantitative estimate of drug-likeness (QED) is 0.796. The number of nitrogens with two attached hydrogens (primary N) is 1. The van der Waals surface area contributed by atoms with E-state index in [0.29, 0.717) is 28.6 Å². The minimum Gasteiger partial charge on any atom is -0.493 e. The first-order valence-electron chi connectivity index (χ1n) is 7.41. The van der Waals surface area contributed by atoms with Crippen LogP contribution in [0, 0.1) is 0 Å². The molecule has 6 nitrogen and oxygen atoms in total. The van der Waals surface area contributed by atoms with Crippen molar-refractivity contribution >= 4 is 29.7 Å². The fourth-order valence-corrected chi connectivity index (χ4v) is 2.33. The summed E-state index contributed by atoms with van der Waals surface area (Å²) in [5.74, 6) is 1.43. The van der Waals surface area contributed by atoms with E-state index in [2.05, 4.69) is 0 Å². The standard InChI is InChI=1S/C18H22N2O4.ClH/c1-20(17(21)9-12-5-7-13(19)8-6-12)14-10-15(22-2)18(24-4)16(11-14)23-3;/h5-8,10-11H,9,19H2,1-4H3;1H. The molecule has 0 aliphatic rings. The van der Waals surface area contributed by atoms with Crippen molar-refractivity contribution in [1.82, 2.24) is 0 Å². The second-order valence-corrected chi connectivity index (χ2v) is 5.25. The summed E-state index contributed by atoms with van der Waals surface area (Å²) in [7, 11) is 6.32. The van der Waals surface area contributed by atoms with Crippen molar-refractivity contribution < 1.29 is 19.0 Å². The normalized spacial score (nSPS) is 9.76. The van der Waals surface area contributed by atoms with Crippen molar-refractivity contribution in [3.8, 4) is 17.2 Å². The lowest BCUT2D eigenvalue weighted by atomic mass is 10.1. The summed E-state index contributed by atoms with van der Waals surface area (Å²) in [5.41, 5.74) is 7.89. The van der Waals surface area contributed by atoms with E-state index in [1.165, 1.54) is 21.3 Å². The van der Waals surface area contributed by atoms with Crippen LogP contribution in [0.15, 0.2) is 36.4 Å². The number of amides is 1. The fourth-order valence-electron chi connectivity index (χ4n) is 2.33. The molecule has 0 radical (unpaired) electrons. The van der Waals surface area contributed by atoms with Crippen molar-refractivity contribution in [3.05, 3.63) is 42.0 Å². The van der Waals surface area contributed by atoms with Crippen LogP contribution < -0.4 is 24.8 Å². The molecule has 7 heteroatoms. The summed E-state index contributed by atoms with van der Waals surface area (Å²) in [6.45, 7) is 0. The Bertz CT molecular complexity index is 695. The lowest BCUT2D eigenvalue weighted by Crippen LogP contribution is -2.27. The number of anilines is 2. The Morgan fingerprint density at radius 2 is 1.52 bits per heavy atom. The first-order chi connectivity index (χ1) is 11.5. The zero-order valence-electron chi connectivity index (χ0n) is 14.7. The van der Waals surface area contributed by atoms with Crippen LogP contribution in [-0.4, -0.2) is 34.3 Å². The molecule has 0 fully saturated rings. The second-order valence-electron chi connectivity index (χ2n) is 5.25. The van der Waals surface area contributed by atoms with Gasteiger partial charge in [-0.15, -0.1) is 12.4 Å². The highest BCUT2D eigenvalue weighted by atomic mass is 35.5. The average molecular weight is 367 g/mol. The van der Waals surface area contributed by atoms with E-state index in [4.69, 9.17) is 19.9 Å². The van der Waals surface area contributed by atoms with Crippen molar-refractivity contribution in [2.24, 2.45) is 0 Å². The summed E-state index contributed by atoms with van der Waals surface area (Å²) in [6, 6.07) is 10.7. The van der Waals surface area contributed by atoms with Crippen molar-refractivity contribution in [1.29, 1.82) is 0 Å². The molecular weight excluding hydrogens is 344 g/mol. The van der Waals surface area contributed by atoms with Gasteiger partial charge in [-0.2, -0.15) is 0 Å². The molecule has 2 aromatic rings. The van der Waals surface area contributed by atoms with Crippen LogP contribution in [-0.2, 0) is 11.2 Å². The number of ether oxygens (including phenoxy) is 3. The zero-order valence-corrected chi connectivity index (χ0v) is 15.6. The Kier molecular flexibility index (Phi) is 7.39. The van der Waals surface area contributed by atoms with E-state index < -0.39 is 0 Å². The number of hydrogen-bond acceptors (Lipinski definition) is 5. The minimum atomic E-state index is -0.0611. The van der Waals surface area contributed by atoms with Gasteiger partial charge in [-0.25, -0.2) is 0 Å². The third-order valence-corrected chi connectivity index (χ3v) is 3.75. The zero-order chi connectivity index (χ0) is 17.7. The number of nitrogen functional groups attached to an aromatic ring is 1. The van der Waals surface area contributed by atoms with Crippen LogP contribution in [0.2, 0.25) is 0 Å². The van der Waals surface area contributed by atoms with Crippen molar-refractivity contribution in [2.45, 2.75) is 6.42 Å². The molecule has 0 aromatic heterocycles. The molecule has 0 heterocycles. The third-order valence-electron chi connectivity index (χ3n) is 3.75. The molecule has 0 aliphatic carbocycles. The van der Waals surface area contributed by atoms with Gasteiger partial charge in [0.05, 0.1) is 33.4 Å². The lowest BCUT2D eigenvalue weighted by Gasteiger charge is -2.21. The highest BCUT2D eigenvalue weighted by Gasteiger charge is 2.18. The Balaban J connectivity index is 0.00000312. The van der Waals surface area contributed by atoms with Gasteiger partial charge in [0.2, 0.25) is 11.7 Å². The number of carbonyl (C=O) groups is 1. The van der Waals surface area contributed by atoms with Gasteiger partial charge < -0.3 is 24.8 Å². The topological polar surface area (TPSA) is 74.0 Å². The molecule has 0 saturated carbocycles. The molecule has 0 aliphatic heterocycles. The number of rotatable bonds is 6. The summed E-state index contributed by atoms with van der Waals surface area (Å²) in [6.07, 6.45) is 0.271. The molecular formula is C18H23ClN2O4. The highest BCUT2D eigenvalue weighted by molar-refractivity contribution is 5.95. The number of hydrogen-bond donors (Lipinski definition) is 1. The lowest BCUT2D eigenvalue weighted by molar-refractivity contribution is -0.117. The Morgan fingerprint density at radius 1 is 1.00 bits per heavy atom. The summed E-state index contributed by atoms with van der Waals surface area (Å²) in [4.78, 5) is 14.1. The number of benzene rings is 2. The van der Waals surface area contributed by atoms with Crippen LogP contribution in [0.25, 0.3) is 0 Å². The van der Waals surface area contributed by atoms with Gasteiger partial charge in [-0.05, 0) is 17.7 Å². The number of halogens is 1. The van der Waals surface area contributed by atoms with Gasteiger partial charge in [-0.1, -0.05) is 12.1 Å². The summed E-state index contributed by atoms with van der Waals surface area (Å²) in [5, 5.41) is 0. The largest absolute Gasteiger partial charge is 0.493 e. The maximum atomic E-state index is 12.5. The predicted molar refractivity (Wildman–Crippen MR) is 101 cm³/mol. The van der Waals surface area contributed by atoms with Crippen molar-refractivity contribution in [2.75, 3.05) is 39.0 Å². The Hall–Kier alpha value is -2.60. The molecule has 1 amide bonds. The molecule has 2 rings (SSSR count). The maximum Gasteiger partial charge on any atom is 0.231 e. The monoisotopic (exact) mass is 366 g/mol. The van der Waals surface area contributed by atoms with Crippen LogP contribution in [0.3, 0.4) is 0 Å². The fraction of sp³-hybridized carbons (Fsp3) is 0.278. The van der Waals surface area contributed by atoms with Gasteiger partial charge in [0.1, 0.15) is 0 Å². The maximum absolute atomic E-state index is 12.5. The molecule has 0 saturated heterocycles. The molecule has 2 aromatic carbocycles. The van der Waals surface area contributed by atoms with Gasteiger partial charge in [0, 0.05) is 24.9 Å². The minimum absolute atomic E-state index is 0. The smallest absolute Gasteiger partial charge is 0.231 e. The molecule has 0 atom stereocenters. The highest BCUT2D eigenvalue weighted by Crippen LogP contribution is 2.40. The number of carbonyl (C=O) groups excluding carboxylic acids is 1. The first kappa shape index (κ1) is 20.4. The number of likely N-dealkylation sites (N-methyl/N-ethyl adjacent to an activating group) is 1. The van der Waals surface area contributed by atoms with Gasteiger partial charge in [-0.3, -0.25) is 4.79 Å². The molecule has 0 bridgehead atoms. The van der Waals surface area contributed by atoms with E-state index in [-0.39, 0.29) is 24.7 Å². The molecule has 136 valence electrons. The van der Waals surface area contributed by atoms with E-state index >= 15 is 0 Å². The third kappa shape index (κ3) is 4.70. The van der Waals surface area contributed by atoms with Gasteiger partial charge in [0.25, 0.3) is 0 Å². The Morgan fingerprint density at radius 3 is 1.96 bits per heavy atom. The average Bonchev–Trinajstić information content (AvgIpc) is 2.61. The molecule has 0 unspecified atom stereocenters. The van der Waals surface area contributed by atoms with E-state index in [9.17, 15) is 4.79 Å². The van der Waals surface area contributed by atoms with Crippen LogP contribution in [0.1, 0.15) is 5.56 Å². The van der Waals surface area contributed by atoms with E-state index in [1.54, 1.807) is 36.2 Å². The molecule has 25 heavy (non-hydrogen) atoms. The van der Waals surface area contributed by atoms with E-state index in [1.807, 2.05) is 12.1 Å². The molecule has 2 N–H and O–H groups in total. The second kappa shape index (κ2) is 9.03. The number of nitrogens with zero attached hydrogens (tertiary/aromatic N) is 1. The van der Waals surface area contributed by atoms with E-state index in [0.717, 1.165) is 5.56 Å². The SMILES string of the molecule is COc1cc(N(C)C(=O)Cc2ccc(N)cc2)cc(OC)c1OC.Cl. The molecule has 0 spiro atoms. The van der Waals surface area contributed by atoms with Gasteiger partial charge in [0.15, 0.2) is 11.5 Å². The van der Waals surface area contributed by atoms with Crippen LogP contribution >= 0.6 is 12.4 Å². The van der Waals surface area contributed by atoms with Gasteiger partial charge >= 0.3 is 0 Å². The first-order valence-corrected chi connectivity index (χ1v) is 7.41. The van der Waals surface area contributed by atoms with Crippen LogP contribution in [0.4, 0.5) is 11.4 Å². The van der Waals surface area contributed by atoms with Crippen LogP contribution in [0.5, 0.6) is 17.2 Å². The predicted octanol–water partition coefficient (Wildman–Crippen LogP) is 2.92. The summed E-state index contributed by atoms with van der Waals surface area (Å²) >= 11 is 0. The van der Waals surface area contributed by atoms with Crippen molar-refractivity contribution in [3.63, 3.8) is 0 Å².